The summed E-state index contributed by atoms with van der Waals surface area (Å²) in [6, 6.07) is 0. The summed E-state index contributed by atoms with van der Waals surface area (Å²) in [6.45, 7) is 2.21. The van der Waals surface area contributed by atoms with Crippen molar-refractivity contribution in [3.05, 3.63) is 0 Å². The predicted octanol–water partition coefficient (Wildman–Crippen LogP) is 2.24. The van der Waals surface area contributed by atoms with Gasteiger partial charge in [0.05, 0.1) is 0 Å². The van der Waals surface area contributed by atoms with Gasteiger partial charge in [-0.05, 0) is 24.5 Å². The molecule has 0 saturated heterocycles. The smallest absolute Gasteiger partial charge is 0.110 e. The van der Waals surface area contributed by atoms with Crippen LogP contribution in [0.1, 0.15) is 6.92 Å². The molecule has 9 heavy (non-hydrogen) atoms. The van der Waals surface area contributed by atoms with Gasteiger partial charge in [0, 0.05) is 0 Å². The van der Waals surface area contributed by atoms with Crippen molar-refractivity contribution in [3.8, 4) is 0 Å². The fourth-order valence-corrected chi connectivity index (χ4v) is 1.51. The van der Waals surface area contributed by atoms with Gasteiger partial charge in [-0.25, -0.2) is 0 Å². The van der Waals surface area contributed by atoms with E-state index in [1.165, 1.54) is 18.4 Å². The zero-order valence-electron chi connectivity index (χ0n) is 7.11. The Hall–Kier alpha value is 0.415. The Morgan fingerprint density at radius 2 is 1.78 bits per heavy atom. The lowest BCUT2D eigenvalue weighted by atomic mass is 9.73. The number of hydrogen-bond donors (Lipinski definition) is 0. The van der Waals surface area contributed by atoms with Crippen LogP contribution < -0.4 is 0 Å². The SMILES string of the molecule is CC[B]CCS(C)(C)C. The van der Waals surface area contributed by atoms with Crippen LogP contribution in [0.5, 0.6) is 0 Å². The van der Waals surface area contributed by atoms with Gasteiger partial charge in [0.15, 0.2) is 0 Å². The van der Waals surface area contributed by atoms with Crippen molar-refractivity contribution in [1.82, 2.24) is 0 Å². The summed E-state index contributed by atoms with van der Waals surface area (Å²) >= 11 is 0. The van der Waals surface area contributed by atoms with Crippen molar-refractivity contribution < 1.29 is 0 Å². The minimum Gasteiger partial charge on any atom is -0.250 e. The quantitative estimate of drug-likeness (QED) is 0.420. The van der Waals surface area contributed by atoms with Gasteiger partial charge in [0.2, 0.25) is 0 Å². The third-order valence-corrected chi connectivity index (χ3v) is 2.68. The van der Waals surface area contributed by atoms with Crippen molar-refractivity contribution >= 4 is 17.3 Å². The molecule has 55 valence electrons. The highest BCUT2D eigenvalue weighted by atomic mass is 32.3. The standard InChI is InChI=1S/C7H18BS/c1-5-8-6-7-9(2,3)4/h5-7H2,1-4H3. The second-order valence-corrected chi connectivity index (χ2v) is 7.87. The maximum atomic E-state index is 2.37. The Morgan fingerprint density at radius 1 is 1.22 bits per heavy atom. The molecule has 0 aromatic heterocycles. The third-order valence-electron chi connectivity index (χ3n) is 1.22. The minimum absolute atomic E-state index is 0.228. The molecule has 0 aromatic carbocycles. The molecule has 0 spiro atoms. The molecule has 0 aliphatic carbocycles. The summed E-state index contributed by atoms with van der Waals surface area (Å²) < 4.78 is 0. The van der Waals surface area contributed by atoms with Crippen molar-refractivity contribution in [2.45, 2.75) is 19.6 Å². The number of hydrogen-bond acceptors (Lipinski definition) is 0. The van der Waals surface area contributed by atoms with Gasteiger partial charge < -0.3 is 0 Å². The average molecular weight is 145 g/mol. The van der Waals surface area contributed by atoms with Crippen molar-refractivity contribution in [2.75, 3.05) is 24.5 Å². The van der Waals surface area contributed by atoms with Crippen LogP contribution in [0.25, 0.3) is 0 Å². The van der Waals surface area contributed by atoms with Crippen molar-refractivity contribution in [1.29, 1.82) is 0 Å². The van der Waals surface area contributed by atoms with E-state index in [0.717, 1.165) is 0 Å². The maximum absolute atomic E-state index is 2.37. The first kappa shape index (κ1) is 9.41. The summed E-state index contributed by atoms with van der Waals surface area (Å²) in [7, 11) is 2.15. The first-order chi connectivity index (χ1) is 4.06. The normalized spacial score (nSPS) is 13.3. The molecule has 0 amide bonds. The molecular weight excluding hydrogens is 127 g/mol. The Kier molecular flexibility index (Phi) is 4.46. The predicted molar refractivity (Wildman–Crippen MR) is 51.3 cm³/mol. The van der Waals surface area contributed by atoms with Gasteiger partial charge in [-0.1, -0.05) is 19.6 Å². The second kappa shape index (κ2) is 4.27. The largest absolute Gasteiger partial charge is 0.250 e. The summed E-state index contributed by atoms with van der Waals surface area (Å²) in [5.74, 6) is 1.40. The highest BCUT2D eigenvalue weighted by Gasteiger charge is 2.01. The summed E-state index contributed by atoms with van der Waals surface area (Å²) in [6.07, 6.45) is 9.66. The monoisotopic (exact) mass is 145 g/mol. The van der Waals surface area contributed by atoms with Crippen LogP contribution in [0.2, 0.25) is 12.6 Å². The molecule has 2 heteroatoms. The van der Waals surface area contributed by atoms with E-state index in [1.54, 1.807) is 0 Å². The fourth-order valence-electron chi connectivity index (χ4n) is 0.641. The average Bonchev–Trinajstić information content (AvgIpc) is 1.63. The highest BCUT2D eigenvalue weighted by Crippen LogP contribution is 2.34. The van der Waals surface area contributed by atoms with Crippen molar-refractivity contribution in [3.63, 3.8) is 0 Å². The van der Waals surface area contributed by atoms with Crippen LogP contribution >= 0.6 is 10.0 Å². The van der Waals surface area contributed by atoms with Crippen molar-refractivity contribution in [2.24, 2.45) is 0 Å². The lowest BCUT2D eigenvalue weighted by molar-refractivity contribution is 1.36. The molecule has 0 atom stereocenters. The van der Waals surface area contributed by atoms with Crippen LogP contribution in [0.15, 0.2) is 0 Å². The molecular formula is C7H18BS. The van der Waals surface area contributed by atoms with Crippen LogP contribution in [-0.4, -0.2) is 31.8 Å². The fraction of sp³-hybridized carbons (Fsp3) is 1.00. The molecule has 0 heterocycles. The molecule has 0 N–H and O–H groups in total. The molecule has 0 aromatic rings. The molecule has 1 radical (unpaired) electrons. The van der Waals surface area contributed by atoms with Crippen LogP contribution in [0.4, 0.5) is 0 Å². The van der Waals surface area contributed by atoms with Crippen LogP contribution in [0, 0.1) is 0 Å². The topological polar surface area (TPSA) is 0 Å². The molecule has 0 aliphatic rings. The van der Waals surface area contributed by atoms with E-state index in [9.17, 15) is 0 Å². The van der Waals surface area contributed by atoms with Gasteiger partial charge >= 0.3 is 0 Å². The molecule has 0 saturated carbocycles. The van der Waals surface area contributed by atoms with Gasteiger partial charge in [0.25, 0.3) is 0 Å². The Labute approximate surface area is 62.0 Å². The summed E-state index contributed by atoms with van der Waals surface area (Å²) in [5, 5.41) is 0. The minimum atomic E-state index is -0.228. The molecule has 0 unspecified atom stereocenters. The lowest BCUT2D eigenvalue weighted by Crippen LogP contribution is -2.00. The molecule has 0 bridgehead atoms. The Bertz CT molecular complexity index is 65.8. The Morgan fingerprint density at radius 3 is 2.11 bits per heavy atom. The van der Waals surface area contributed by atoms with E-state index in [4.69, 9.17) is 0 Å². The number of rotatable bonds is 4. The molecule has 0 fully saturated rings. The van der Waals surface area contributed by atoms with Crippen LogP contribution in [0.3, 0.4) is 0 Å². The van der Waals surface area contributed by atoms with Crippen LogP contribution in [-0.2, 0) is 0 Å². The van der Waals surface area contributed by atoms with E-state index in [1.807, 2.05) is 0 Å². The van der Waals surface area contributed by atoms with Gasteiger partial charge in [-0.15, -0.1) is 0 Å². The van der Waals surface area contributed by atoms with Gasteiger partial charge in [0.1, 0.15) is 7.28 Å². The van der Waals surface area contributed by atoms with E-state index < -0.39 is 0 Å². The lowest BCUT2D eigenvalue weighted by Gasteiger charge is -2.24. The van der Waals surface area contributed by atoms with Gasteiger partial charge in [-0.2, -0.15) is 0 Å². The second-order valence-electron chi connectivity index (χ2n) is 3.28. The zero-order chi connectivity index (χ0) is 7.33. The first-order valence-corrected chi connectivity index (χ1v) is 6.56. The molecule has 0 rings (SSSR count). The van der Waals surface area contributed by atoms with E-state index in [0.29, 0.717) is 0 Å². The molecule has 0 nitrogen and oxygen atoms in total. The van der Waals surface area contributed by atoms with E-state index in [-0.39, 0.29) is 10.0 Å². The first-order valence-electron chi connectivity index (χ1n) is 3.54. The zero-order valence-corrected chi connectivity index (χ0v) is 7.92. The highest BCUT2D eigenvalue weighted by molar-refractivity contribution is 8.32. The summed E-state index contributed by atoms with van der Waals surface area (Å²) in [5.41, 5.74) is 0. The summed E-state index contributed by atoms with van der Waals surface area (Å²) in [4.78, 5) is 0. The third kappa shape index (κ3) is 8.41. The van der Waals surface area contributed by atoms with E-state index in [2.05, 4.69) is 33.0 Å². The maximum Gasteiger partial charge on any atom is 0.110 e. The molecule has 0 aliphatic heterocycles. The van der Waals surface area contributed by atoms with Gasteiger partial charge in [-0.3, -0.25) is 10.0 Å². The Balaban J connectivity index is 3.07. The van der Waals surface area contributed by atoms with E-state index >= 15 is 0 Å².